The fourth-order valence-corrected chi connectivity index (χ4v) is 8.01. The highest BCUT2D eigenvalue weighted by atomic mass is 31.2. The highest BCUT2D eigenvalue weighted by Gasteiger charge is 2.31. The number of hydrogen-bond donors (Lipinski definition) is 0. The molecule has 0 aliphatic heterocycles. The minimum atomic E-state index is -3.17. The third-order valence-electron chi connectivity index (χ3n) is 7.28. The molecule has 0 bridgehead atoms. The first-order valence-corrected chi connectivity index (χ1v) is 14.7. The van der Waals surface area contributed by atoms with Crippen LogP contribution < -0.4 is 16.0 Å². The lowest BCUT2D eigenvalue weighted by Crippen LogP contribution is -2.27. The number of benzene rings is 5. The topological polar surface area (TPSA) is 34.9 Å². The summed E-state index contributed by atoms with van der Waals surface area (Å²) in [5, 5.41) is 4.01. The number of aromatic nitrogens is 2. The third-order valence-corrected chi connectivity index (χ3v) is 10.2. The summed E-state index contributed by atoms with van der Waals surface area (Å²) in [6, 6.07) is 50.7. The van der Waals surface area contributed by atoms with Gasteiger partial charge in [-0.05, 0) is 36.4 Å². The minimum absolute atomic E-state index is 0.583. The maximum Gasteiger partial charge on any atom is 0.188 e. The summed E-state index contributed by atoms with van der Waals surface area (Å²) in [6.45, 7) is 0. The fourth-order valence-electron chi connectivity index (χ4n) is 5.45. The lowest BCUT2D eigenvalue weighted by molar-refractivity contribution is 0.592. The van der Waals surface area contributed by atoms with Crippen LogP contribution in [0.5, 0.6) is 0 Å². The number of rotatable bonds is 5. The van der Waals surface area contributed by atoms with Gasteiger partial charge in [-0.15, -0.1) is 0 Å². The Morgan fingerprint density at radius 2 is 1.05 bits per heavy atom. The van der Waals surface area contributed by atoms with E-state index in [-0.39, 0.29) is 0 Å². The van der Waals surface area contributed by atoms with Crippen LogP contribution in [0.3, 0.4) is 0 Å². The second-order valence-corrected chi connectivity index (χ2v) is 12.3. The minimum Gasteiger partial charge on any atom is -0.309 e. The SMILES string of the molecule is O=P(c1ccccc1)(c1ccccc1)c1cccc(-c2cccc(-n3c4ccccc4c4ccccc43)c2)n1. The Morgan fingerprint density at radius 3 is 1.67 bits per heavy atom. The van der Waals surface area contributed by atoms with Crippen LogP contribution in [-0.4, -0.2) is 9.55 Å². The predicted molar refractivity (Wildman–Crippen MR) is 163 cm³/mol. The molecule has 2 heterocycles. The van der Waals surface area contributed by atoms with E-state index >= 15 is 0 Å². The molecule has 0 spiro atoms. The molecule has 186 valence electrons. The summed E-state index contributed by atoms with van der Waals surface area (Å²) >= 11 is 0. The highest BCUT2D eigenvalue weighted by molar-refractivity contribution is 7.85. The smallest absolute Gasteiger partial charge is 0.188 e. The van der Waals surface area contributed by atoms with Crippen LogP contribution in [0.25, 0.3) is 38.8 Å². The van der Waals surface area contributed by atoms with E-state index in [4.69, 9.17) is 4.98 Å². The first-order valence-electron chi connectivity index (χ1n) is 13.0. The molecule has 4 heteroatoms. The van der Waals surface area contributed by atoms with Gasteiger partial charge in [0.2, 0.25) is 0 Å². The normalized spacial score (nSPS) is 11.7. The molecule has 0 atom stereocenters. The van der Waals surface area contributed by atoms with Crippen LogP contribution in [0.4, 0.5) is 0 Å². The maximum atomic E-state index is 14.9. The number of fused-ring (bicyclic) bond motifs is 3. The summed E-state index contributed by atoms with van der Waals surface area (Å²) in [5.41, 5.74) is 5.74. The molecule has 0 amide bonds. The standard InChI is InChI=1S/C35H25N2OP/c38-39(28-15-3-1-4-16-28,29-17-5-2-6-18-29)35-24-12-21-32(36-35)26-13-11-14-27(25-26)37-33-22-9-7-19-30(33)31-20-8-10-23-34(31)37/h1-25H. The van der Waals surface area contributed by atoms with Crippen LogP contribution in [0, 0.1) is 0 Å². The van der Waals surface area contributed by atoms with E-state index in [2.05, 4.69) is 77.4 Å². The quantitative estimate of drug-likeness (QED) is 0.221. The van der Waals surface area contributed by atoms with Gasteiger partial charge >= 0.3 is 0 Å². The Balaban J connectivity index is 1.39. The van der Waals surface area contributed by atoms with Gasteiger partial charge in [-0.2, -0.15) is 0 Å². The zero-order valence-electron chi connectivity index (χ0n) is 21.2. The van der Waals surface area contributed by atoms with Gasteiger partial charge in [-0.1, -0.05) is 115 Å². The molecule has 0 radical (unpaired) electrons. The van der Waals surface area contributed by atoms with Crippen molar-refractivity contribution in [1.29, 1.82) is 0 Å². The maximum absolute atomic E-state index is 14.9. The molecule has 0 aliphatic rings. The van der Waals surface area contributed by atoms with Crippen molar-refractivity contribution >= 4 is 45.0 Å². The Kier molecular flexibility index (Phi) is 5.73. The lowest BCUT2D eigenvalue weighted by atomic mass is 10.1. The number of nitrogens with zero attached hydrogens (tertiary/aromatic N) is 2. The van der Waals surface area contributed by atoms with Crippen molar-refractivity contribution in [3.8, 4) is 16.9 Å². The molecular formula is C35H25N2OP. The summed E-state index contributed by atoms with van der Waals surface area (Å²) < 4.78 is 17.2. The molecule has 2 aromatic heterocycles. The van der Waals surface area contributed by atoms with E-state index in [0.29, 0.717) is 5.44 Å². The second kappa shape index (κ2) is 9.54. The van der Waals surface area contributed by atoms with Crippen molar-refractivity contribution in [2.75, 3.05) is 0 Å². The first-order chi connectivity index (χ1) is 19.2. The first kappa shape index (κ1) is 23.4. The molecule has 3 nitrogen and oxygen atoms in total. The fraction of sp³-hybridized carbons (Fsp3) is 0. The number of hydrogen-bond acceptors (Lipinski definition) is 2. The Bertz CT molecular complexity index is 1900. The molecule has 7 aromatic rings. The molecule has 39 heavy (non-hydrogen) atoms. The summed E-state index contributed by atoms with van der Waals surface area (Å²) in [5.74, 6) is 0. The molecule has 7 rings (SSSR count). The van der Waals surface area contributed by atoms with Crippen molar-refractivity contribution < 1.29 is 4.57 Å². The van der Waals surface area contributed by atoms with E-state index in [1.807, 2.05) is 78.9 Å². The Labute approximate surface area is 227 Å². The molecular weight excluding hydrogens is 495 g/mol. The number of para-hydroxylation sites is 2. The summed E-state index contributed by atoms with van der Waals surface area (Å²) in [4.78, 5) is 5.04. The van der Waals surface area contributed by atoms with E-state index in [1.54, 1.807) is 0 Å². The van der Waals surface area contributed by atoms with Crippen LogP contribution in [0.1, 0.15) is 0 Å². The average Bonchev–Trinajstić information content (AvgIpc) is 3.36. The van der Waals surface area contributed by atoms with E-state index < -0.39 is 7.14 Å². The van der Waals surface area contributed by atoms with Crippen molar-refractivity contribution in [2.24, 2.45) is 0 Å². The van der Waals surface area contributed by atoms with Crippen molar-refractivity contribution in [3.05, 3.63) is 152 Å². The van der Waals surface area contributed by atoms with Gasteiger partial charge in [0, 0.05) is 32.6 Å². The third kappa shape index (κ3) is 3.91. The molecule has 0 aliphatic carbocycles. The molecule has 0 unspecified atom stereocenters. The number of pyridine rings is 1. The second-order valence-electron chi connectivity index (χ2n) is 9.58. The van der Waals surface area contributed by atoms with E-state index in [1.165, 1.54) is 10.8 Å². The van der Waals surface area contributed by atoms with E-state index in [9.17, 15) is 4.57 Å². The highest BCUT2D eigenvalue weighted by Crippen LogP contribution is 2.42. The predicted octanol–water partition coefficient (Wildman–Crippen LogP) is 7.49. The van der Waals surface area contributed by atoms with E-state index in [0.717, 1.165) is 38.6 Å². The van der Waals surface area contributed by atoms with Crippen molar-refractivity contribution in [1.82, 2.24) is 9.55 Å². The Hall–Kier alpha value is -4.72. The zero-order valence-corrected chi connectivity index (χ0v) is 22.1. The molecule has 0 saturated carbocycles. The molecule has 0 saturated heterocycles. The molecule has 0 fully saturated rings. The van der Waals surface area contributed by atoms with Gasteiger partial charge < -0.3 is 9.13 Å². The van der Waals surface area contributed by atoms with Gasteiger partial charge in [0.15, 0.2) is 7.14 Å². The van der Waals surface area contributed by atoms with Crippen molar-refractivity contribution in [2.45, 2.75) is 0 Å². The average molecular weight is 521 g/mol. The lowest BCUT2D eigenvalue weighted by Gasteiger charge is -2.19. The van der Waals surface area contributed by atoms with Crippen LogP contribution in [0.2, 0.25) is 0 Å². The van der Waals surface area contributed by atoms with Gasteiger partial charge in [0.05, 0.1) is 16.7 Å². The van der Waals surface area contributed by atoms with Crippen LogP contribution in [0.15, 0.2) is 152 Å². The molecule has 5 aromatic carbocycles. The Morgan fingerprint density at radius 1 is 0.513 bits per heavy atom. The zero-order chi connectivity index (χ0) is 26.2. The van der Waals surface area contributed by atoms with Crippen molar-refractivity contribution in [3.63, 3.8) is 0 Å². The summed E-state index contributed by atoms with van der Waals surface area (Å²) in [6.07, 6.45) is 0. The van der Waals surface area contributed by atoms with Crippen LogP contribution in [-0.2, 0) is 4.57 Å². The summed E-state index contributed by atoms with van der Waals surface area (Å²) in [7, 11) is -3.17. The monoisotopic (exact) mass is 520 g/mol. The van der Waals surface area contributed by atoms with Crippen LogP contribution >= 0.6 is 7.14 Å². The van der Waals surface area contributed by atoms with Gasteiger partial charge in [0.25, 0.3) is 0 Å². The van der Waals surface area contributed by atoms with Gasteiger partial charge in [-0.3, -0.25) is 0 Å². The van der Waals surface area contributed by atoms with Gasteiger partial charge in [0.1, 0.15) is 5.44 Å². The van der Waals surface area contributed by atoms with Gasteiger partial charge in [-0.25, -0.2) is 4.98 Å². The largest absolute Gasteiger partial charge is 0.309 e. The molecule has 0 N–H and O–H groups in total.